The van der Waals surface area contributed by atoms with Gasteiger partial charge >= 0.3 is 0 Å². The highest BCUT2D eigenvalue weighted by Gasteiger charge is 2.24. The zero-order chi connectivity index (χ0) is 32.6. The van der Waals surface area contributed by atoms with Crippen molar-refractivity contribution in [2.75, 3.05) is 91.6 Å². The molecule has 1 aromatic rings. The number of carbonyl (C=O) groups is 2. The van der Waals surface area contributed by atoms with Gasteiger partial charge in [0.15, 0.2) is 5.84 Å². The quantitative estimate of drug-likeness (QED) is 0.0941. The Kier molecular flexibility index (Phi) is 14.9. The second kappa shape index (κ2) is 18.8. The Balaban J connectivity index is 1.72. The monoisotopic (exact) mass is 633 g/mol. The molecule has 248 valence electrons. The van der Waals surface area contributed by atoms with Crippen LogP contribution in [0.25, 0.3) is 0 Å². The van der Waals surface area contributed by atoms with Crippen LogP contribution in [0.1, 0.15) is 36.9 Å². The number of anilines is 1. The number of piperidine rings is 1. The molecule has 0 bridgehead atoms. The number of amides is 2. The lowest BCUT2D eigenvalue weighted by Gasteiger charge is -2.33. The van der Waals surface area contributed by atoms with Crippen molar-refractivity contribution in [1.29, 1.82) is 0 Å². The number of morpholine rings is 1. The summed E-state index contributed by atoms with van der Waals surface area (Å²) in [5, 5.41) is 2.66. The zero-order valence-electron chi connectivity index (χ0n) is 26.0. The van der Waals surface area contributed by atoms with E-state index in [0.29, 0.717) is 58.3 Å². The fourth-order valence-corrected chi connectivity index (χ4v) is 5.26. The number of hydrogen-bond donors (Lipinski definition) is 2. The molecule has 3 N–H and O–H groups in total. The van der Waals surface area contributed by atoms with Crippen LogP contribution in [0.5, 0.6) is 0 Å². The molecule has 0 unspecified atom stereocenters. The van der Waals surface area contributed by atoms with Crippen LogP contribution in [0.4, 0.5) is 14.7 Å². The van der Waals surface area contributed by atoms with Gasteiger partial charge in [0.2, 0.25) is 24.2 Å². The molecule has 3 rings (SSSR count). The molecule has 2 amide bonds. The Morgan fingerprint density at radius 2 is 1.96 bits per heavy atom. The highest BCUT2D eigenvalue weighted by atomic mass is 19.3. The summed E-state index contributed by atoms with van der Waals surface area (Å²) in [5.41, 5.74) is 4.98. The van der Waals surface area contributed by atoms with Crippen molar-refractivity contribution in [3.63, 3.8) is 0 Å². The minimum Gasteiger partial charge on any atom is -0.378 e. The molecule has 0 spiro atoms. The number of ether oxygens (including phenoxy) is 1. The van der Waals surface area contributed by atoms with Crippen LogP contribution in [0.15, 0.2) is 33.8 Å². The zero-order valence-corrected chi connectivity index (χ0v) is 26.0. The maximum Gasteiger partial charge on any atom is 0.281 e. The predicted molar refractivity (Wildman–Crippen MR) is 169 cm³/mol. The molecule has 2 saturated heterocycles. The topological polar surface area (TPSA) is 157 Å². The number of rotatable bonds is 15. The molecular weight excluding hydrogens is 588 g/mol. The lowest BCUT2D eigenvalue weighted by atomic mass is 9.96. The van der Waals surface area contributed by atoms with E-state index in [1.54, 1.807) is 0 Å². The van der Waals surface area contributed by atoms with E-state index in [1.807, 2.05) is 14.7 Å². The smallest absolute Gasteiger partial charge is 0.281 e. The van der Waals surface area contributed by atoms with Crippen molar-refractivity contribution in [3.8, 4) is 0 Å². The Labute approximate surface area is 263 Å². The summed E-state index contributed by atoms with van der Waals surface area (Å²) < 4.78 is 33.5. The maximum absolute atomic E-state index is 14.0. The van der Waals surface area contributed by atoms with E-state index < -0.39 is 12.1 Å². The highest BCUT2D eigenvalue weighted by molar-refractivity contribution is 6.07. The van der Waals surface area contributed by atoms with Gasteiger partial charge in [-0.15, -0.1) is 0 Å². The lowest BCUT2D eigenvalue weighted by molar-refractivity contribution is -0.127. The first-order chi connectivity index (χ1) is 21.7. The van der Waals surface area contributed by atoms with Gasteiger partial charge in [-0.25, -0.2) is 23.7 Å². The molecule has 0 atom stereocenters. The van der Waals surface area contributed by atoms with E-state index in [0.717, 1.165) is 45.4 Å². The van der Waals surface area contributed by atoms with Gasteiger partial charge in [0, 0.05) is 58.6 Å². The van der Waals surface area contributed by atoms with E-state index in [9.17, 15) is 18.4 Å². The number of amidine groups is 1. The first kappa shape index (κ1) is 35.6. The largest absolute Gasteiger partial charge is 0.378 e. The van der Waals surface area contributed by atoms with Crippen molar-refractivity contribution >= 4 is 36.8 Å². The number of halogens is 2. The van der Waals surface area contributed by atoms with E-state index in [4.69, 9.17) is 10.5 Å². The van der Waals surface area contributed by atoms with E-state index in [2.05, 4.69) is 55.5 Å². The first-order valence-corrected chi connectivity index (χ1v) is 15.1. The van der Waals surface area contributed by atoms with Crippen molar-refractivity contribution in [1.82, 2.24) is 34.9 Å². The number of likely N-dealkylation sites (tertiary alicyclic amines) is 1. The summed E-state index contributed by atoms with van der Waals surface area (Å²) >= 11 is 0. The molecule has 2 fully saturated rings. The normalized spacial score (nSPS) is 16.8. The molecule has 0 radical (unpaired) electrons. The standard InChI is InChI=1S/C29H45F2N11O3/c1-4-24(44)41-11-6-22(7-12-41)19-39(3)9-5-10-40(13-8-34-21-43)20-36-27(23-18-35-28(32)37-25(23)26(30)31)38-29(33-2)42-14-16-45-17-15-42/h4,18,21-22,26H,1-2,5-17,19-20H2,3H3,(H,34,43)(H2,32,35,37)/b36-27-,38-29?. The number of aromatic nitrogens is 2. The van der Waals surface area contributed by atoms with Gasteiger partial charge < -0.3 is 30.5 Å². The van der Waals surface area contributed by atoms with Gasteiger partial charge in [-0.3, -0.25) is 19.5 Å². The van der Waals surface area contributed by atoms with E-state index in [1.165, 1.54) is 12.3 Å². The molecule has 3 heterocycles. The van der Waals surface area contributed by atoms with Gasteiger partial charge in [-0.1, -0.05) is 6.58 Å². The van der Waals surface area contributed by atoms with Gasteiger partial charge in [0.1, 0.15) is 5.69 Å². The van der Waals surface area contributed by atoms with E-state index >= 15 is 0 Å². The molecule has 0 aliphatic carbocycles. The molecule has 0 aromatic carbocycles. The fourth-order valence-electron chi connectivity index (χ4n) is 5.26. The van der Waals surface area contributed by atoms with Crippen molar-refractivity contribution in [2.45, 2.75) is 25.7 Å². The van der Waals surface area contributed by atoms with Gasteiger partial charge in [0.05, 0.1) is 25.4 Å². The predicted octanol–water partition coefficient (Wildman–Crippen LogP) is 0.884. The van der Waals surface area contributed by atoms with Gasteiger partial charge in [-0.05, 0) is 51.6 Å². The number of guanidine groups is 1. The van der Waals surface area contributed by atoms with Crippen LogP contribution >= 0.6 is 0 Å². The summed E-state index contributed by atoms with van der Waals surface area (Å²) in [5.74, 6) is 0.409. The SMILES string of the molecule is C=CC(=O)N1CCC(CN(C)CCCN(CCNC=O)C/N=C(\N=C(N=C)N2CCOCC2)c2cnc(N)nc2C(F)F)CC1. The number of nitrogens with zero attached hydrogens (tertiary/aromatic N) is 9. The number of alkyl halides is 2. The molecule has 45 heavy (non-hydrogen) atoms. The molecule has 2 aliphatic rings. The number of nitrogen functional groups attached to an aromatic ring is 1. The van der Waals surface area contributed by atoms with Crippen molar-refractivity contribution < 1.29 is 23.1 Å². The molecule has 16 heteroatoms. The van der Waals surface area contributed by atoms with Crippen LogP contribution in [0.3, 0.4) is 0 Å². The summed E-state index contributed by atoms with van der Waals surface area (Å²) in [7, 11) is 2.08. The first-order valence-electron chi connectivity index (χ1n) is 15.1. The highest BCUT2D eigenvalue weighted by Crippen LogP contribution is 2.23. The van der Waals surface area contributed by atoms with Crippen LogP contribution in [-0.4, -0.2) is 146 Å². The average Bonchev–Trinajstić information content (AvgIpc) is 3.05. The van der Waals surface area contributed by atoms with Gasteiger partial charge in [-0.2, -0.15) is 4.99 Å². The molecular formula is C29H45F2N11O3. The van der Waals surface area contributed by atoms with E-state index in [-0.39, 0.29) is 35.9 Å². The van der Waals surface area contributed by atoms with Crippen LogP contribution < -0.4 is 11.1 Å². The van der Waals surface area contributed by atoms with Crippen molar-refractivity contribution in [3.05, 3.63) is 30.1 Å². The molecule has 14 nitrogen and oxygen atoms in total. The Morgan fingerprint density at radius 3 is 2.60 bits per heavy atom. The fraction of sp³-hybridized carbons (Fsp3) is 0.621. The summed E-state index contributed by atoms with van der Waals surface area (Å²) in [6.07, 6.45) is 2.95. The number of nitrogens with two attached hydrogens (primary N) is 1. The van der Waals surface area contributed by atoms with Gasteiger partial charge in [0.25, 0.3) is 6.43 Å². The second-order valence-corrected chi connectivity index (χ2v) is 10.9. The van der Waals surface area contributed by atoms with Crippen LogP contribution in [0.2, 0.25) is 0 Å². The molecule has 0 saturated carbocycles. The summed E-state index contributed by atoms with van der Waals surface area (Å²) in [4.78, 5) is 51.6. The third kappa shape index (κ3) is 11.5. The maximum atomic E-state index is 14.0. The number of aliphatic imine (C=N–C) groups is 3. The molecule has 2 aliphatic heterocycles. The average molecular weight is 634 g/mol. The Hall–Kier alpha value is -3.89. The molecule has 1 aromatic heterocycles. The summed E-state index contributed by atoms with van der Waals surface area (Å²) in [6.45, 7) is 14.0. The Bertz CT molecular complexity index is 1190. The lowest BCUT2D eigenvalue weighted by Crippen LogP contribution is -2.41. The number of carbonyl (C=O) groups excluding carboxylic acids is 2. The van der Waals surface area contributed by atoms with Crippen LogP contribution in [-0.2, 0) is 14.3 Å². The summed E-state index contributed by atoms with van der Waals surface area (Å²) in [6, 6.07) is 0. The Morgan fingerprint density at radius 1 is 1.22 bits per heavy atom. The second-order valence-electron chi connectivity index (χ2n) is 10.9. The third-order valence-corrected chi connectivity index (χ3v) is 7.69. The minimum atomic E-state index is -2.94. The van der Waals surface area contributed by atoms with Crippen molar-refractivity contribution in [2.24, 2.45) is 20.9 Å². The third-order valence-electron chi connectivity index (χ3n) is 7.69. The van der Waals surface area contributed by atoms with Crippen LogP contribution in [0, 0.1) is 5.92 Å². The number of nitrogens with one attached hydrogen (secondary N) is 1. The minimum absolute atomic E-state index is 0.0186. The number of hydrogen-bond acceptors (Lipinski definition) is 9.